The average molecular weight is 220 g/mol. The number of hydrogen-bond donors (Lipinski definition) is 2. The van der Waals surface area contributed by atoms with Crippen LogP contribution < -0.4 is 11.1 Å². The average Bonchev–Trinajstić information content (AvgIpc) is 2.27. The van der Waals surface area contributed by atoms with Gasteiger partial charge in [0.2, 0.25) is 0 Å². The third-order valence-electron chi connectivity index (χ3n) is 1.73. The molecule has 0 atom stereocenters. The number of anilines is 2. The Morgan fingerprint density at radius 3 is 3.12 bits per heavy atom. The number of ether oxygens (including phenoxy) is 1. The molecule has 0 aromatic carbocycles. The zero-order chi connectivity index (χ0) is 12.0. The molecule has 0 radical (unpaired) electrons. The second kappa shape index (κ2) is 5.56. The van der Waals surface area contributed by atoms with Crippen LogP contribution in [0.2, 0.25) is 0 Å². The summed E-state index contributed by atoms with van der Waals surface area (Å²) in [6, 6.07) is 3.42. The first-order chi connectivity index (χ1) is 7.67. The largest absolute Gasteiger partial charge is 0.465 e. The van der Waals surface area contributed by atoms with Crippen molar-refractivity contribution in [3.8, 4) is 6.07 Å². The van der Waals surface area contributed by atoms with Gasteiger partial charge >= 0.3 is 5.97 Å². The summed E-state index contributed by atoms with van der Waals surface area (Å²) in [6.07, 6.45) is 1.41. The van der Waals surface area contributed by atoms with E-state index in [1.54, 1.807) is 6.92 Å². The molecule has 0 aliphatic heterocycles. The van der Waals surface area contributed by atoms with Crippen LogP contribution in [0.15, 0.2) is 12.3 Å². The quantitative estimate of drug-likeness (QED) is 0.717. The first kappa shape index (κ1) is 11.8. The number of nitrogens with two attached hydrogens (primary N) is 1. The zero-order valence-electron chi connectivity index (χ0n) is 8.86. The standard InChI is InChI=1S/C10H12N4O2/c1-2-16-9(15)6-14-10-7(4-11)3-8(12)5-13-10/h3,5H,2,6,12H2,1H3,(H,13,14). The summed E-state index contributed by atoms with van der Waals surface area (Å²) < 4.78 is 4.72. The van der Waals surface area contributed by atoms with Crippen molar-refractivity contribution in [2.45, 2.75) is 6.92 Å². The van der Waals surface area contributed by atoms with Gasteiger partial charge in [-0.1, -0.05) is 0 Å². The van der Waals surface area contributed by atoms with Gasteiger partial charge in [-0.2, -0.15) is 5.26 Å². The van der Waals surface area contributed by atoms with Crippen molar-refractivity contribution in [3.05, 3.63) is 17.8 Å². The van der Waals surface area contributed by atoms with Gasteiger partial charge in [0.05, 0.1) is 24.1 Å². The molecule has 0 spiro atoms. The van der Waals surface area contributed by atoms with E-state index in [0.717, 1.165) is 0 Å². The number of carbonyl (C=O) groups is 1. The molecule has 84 valence electrons. The van der Waals surface area contributed by atoms with Crippen LogP contribution in [0.3, 0.4) is 0 Å². The number of rotatable bonds is 4. The van der Waals surface area contributed by atoms with Gasteiger partial charge in [0.15, 0.2) is 0 Å². The van der Waals surface area contributed by atoms with Crippen molar-refractivity contribution in [3.63, 3.8) is 0 Å². The van der Waals surface area contributed by atoms with E-state index in [1.807, 2.05) is 6.07 Å². The van der Waals surface area contributed by atoms with Gasteiger partial charge in [0.1, 0.15) is 18.4 Å². The van der Waals surface area contributed by atoms with Crippen molar-refractivity contribution >= 4 is 17.5 Å². The predicted molar refractivity (Wildman–Crippen MR) is 58.5 cm³/mol. The lowest BCUT2D eigenvalue weighted by molar-refractivity contribution is -0.140. The molecule has 1 aromatic heterocycles. The molecule has 0 aliphatic rings. The number of nitrogens with zero attached hydrogens (tertiary/aromatic N) is 2. The van der Waals surface area contributed by atoms with E-state index in [-0.39, 0.29) is 6.54 Å². The summed E-state index contributed by atoms with van der Waals surface area (Å²) in [5.41, 5.74) is 6.17. The Kier molecular flexibility index (Phi) is 4.09. The van der Waals surface area contributed by atoms with E-state index in [9.17, 15) is 4.79 Å². The second-order valence-corrected chi connectivity index (χ2v) is 2.94. The van der Waals surface area contributed by atoms with Crippen molar-refractivity contribution in [1.82, 2.24) is 4.98 Å². The minimum atomic E-state index is -0.398. The number of carbonyl (C=O) groups excluding carboxylic acids is 1. The van der Waals surface area contributed by atoms with E-state index in [2.05, 4.69) is 10.3 Å². The van der Waals surface area contributed by atoms with Gasteiger partial charge in [-0.05, 0) is 13.0 Å². The Bertz CT molecular complexity index is 425. The van der Waals surface area contributed by atoms with Crippen LogP contribution in [0.25, 0.3) is 0 Å². The van der Waals surface area contributed by atoms with Crippen LogP contribution in [0.1, 0.15) is 12.5 Å². The Balaban J connectivity index is 2.67. The SMILES string of the molecule is CCOC(=O)CNc1ncc(N)cc1C#N. The van der Waals surface area contributed by atoms with Crippen molar-refractivity contribution in [1.29, 1.82) is 5.26 Å². The minimum absolute atomic E-state index is 0.0283. The molecule has 0 unspecified atom stereocenters. The topological polar surface area (TPSA) is 101 Å². The van der Waals surface area contributed by atoms with E-state index >= 15 is 0 Å². The maximum absolute atomic E-state index is 11.1. The molecule has 1 heterocycles. The number of aromatic nitrogens is 1. The van der Waals surface area contributed by atoms with Crippen molar-refractivity contribution in [2.24, 2.45) is 0 Å². The normalized spacial score (nSPS) is 9.25. The summed E-state index contributed by atoms with van der Waals surface area (Å²) in [5.74, 6) is -0.0743. The second-order valence-electron chi connectivity index (χ2n) is 2.94. The molecule has 16 heavy (non-hydrogen) atoms. The van der Waals surface area contributed by atoms with E-state index in [0.29, 0.717) is 23.7 Å². The molecule has 6 nitrogen and oxygen atoms in total. The lowest BCUT2D eigenvalue weighted by atomic mass is 10.2. The summed E-state index contributed by atoms with van der Waals surface area (Å²) in [7, 11) is 0. The van der Waals surface area contributed by atoms with Crippen LogP contribution in [-0.4, -0.2) is 24.1 Å². The summed E-state index contributed by atoms with van der Waals surface area (Å²) in [5, 5.41) is 11.5. The lowest BCUT2D eigenvalue weighted by Gasteiger charge is -2.06. The van der Waals surface area contributed by atoms with Crippen LogP contribution in [0, 0.1) is 11.3 Å². The predicted octanol–water partition coefficient (Wildman–Crippen LogP) is 0.510. The zero-order valence-corrected chi connectivity index (χ0v) is 8.86. The van der Waals surface area contributed by atoms with Gasteiger partial charge in [-0.3, -0.25) is 4.79 Å². The molecule has 0 bridgehead atoms. The monoisotopic (exact) mass is 220 g/mol. The van der Waals surface area contributed by atoms with Gasteiger partial charge in [-0.25, -0.2) is 4.98 Å². The third kappa shape index (κ3) is 3.13. The van der Waals surface area contributed by atoms with Crippen LogP contribution >= 0.6 is 0 Å². The number of pyridine rings is 1. The molecule has 3 N–H and O–H groups in total. The van der Waals surface area contributed by atoms with Gasteiger partial charge in [-0.15, -0.1) is 0 Å². The highest BCUT2D eigenvalue weighted by Gasteiger charge is 2.06. The summed E-state index contributed by atoms with van der Waals surface area (Å²) in [6.45, 7) is 2.01. The fourth-order valence-electron chi connectivity index (χ4n) is 1.07. The Labute approximate surface area is 93.0 Å². The highest BCUT2D eigenvalue weighted by Crippen LogP contribution is 2.13. The van der Waals surface area contributed by atoms with E-state index in [1.165, 1.54) is 12.3 Å². The van der Waals surface area contributed by atoms with E-state index < -0.39 is 5.97 Å². The molecule has 0 amide bonds. The number of esters is 1. The van der Waals surface area contributed by atoms with E-state index in [4.69, 9.17) is 15.7 Å². The van der Waals surface area contributed by atoms with Crippen molar-refractivity contribution < 1.29 is 9.53 Å². The Morgan fingerprint density at radius 1 is 1.75 bits per heavy atom. The summed E-state index contributed by atoms with van der Waals surface area (Å²) >= 11 is 0. The highest BCUT2D eigenvalue weighted by molar-refractivity contribution is 5.75. The first-order valence-electron chi connectivity index (χ1n) is 4.72. The molecule has 0 saturated heterocycles. The minimum Gasteiger partial charge on any atom is -0.465 e. The molecular weight excluding hydrogens is 208 g/mol. The fraction of sp³-hybridized carbons (Fsp3) is 0.300. The molecule has 1 aromatic rings. The molecule has 0 fully saturated rings. The number of nitriles is 1. The van der Waals surface area contributed by atoms with Gasteiger partial charge < -0.3 is 15.8 Å². The summed E-state index contributed by atoms with van der Waals surface area (Å²) in [4.78, 5) is 15.0. The van der Waals surface area contributed by atoms with Crippen LogP contribution in [0.5, 0.6) is 0 Å². The molecule has 6 heteroatoms. The molecule has 1 rings (SSSR count). The number of nitrogens with one attached hydrogen (secondary N) is 1. The molecular formula is C10H12N4O2. The number of hydrogen-bond acceptors (Lipinski definition) is 6. The lowest BCUT2D eigenvalue weighted by Crippen LogP contribution is -2.18. The Hall–Kier alpha value is -2.29. The van der Waals surface area contributed by atoms with Gasteiger partial charge in [0, 0.05) is 0 Å². The highest BCUT2D eigenvalue weighted by atomic mass is 16.5. The maximum atomic E-state index is 11.1. The first-order valence-corrected chi connectivity index (χ1v) is 4.72. The molecule has 0 saturated carbocycles. The van der Waals surface area contributed by atoms with Gasteiger partial charge in [0.25, 0.3) is 0 Å². The third-order valence-corrected chi connectivity index (χ3v) is 1.73. The number of nitrogen functional groups attached to an aromatic ring is 1. The Morgan fingerprint density at radius 2 is 2.50 bits per heavy atom. The van der Waals surface area contributed by atoms with Crippen molar-refractivity contribution in [2.75, 3.05) is 24.2 Å². The smallest absolute Gasteiger partial charge is 0.325 e. The van der Waals surface area contributed by atoms with Crippen LogP contribution in [0.4, 0.5) is 11.5 Å². The maximum Gasteiger partial charge on any atom is 0.325 e. The fourth-order valence-corrected chi connectivity index (χ4v) is 1.07. The molecule has 0 aliphatic carbocycles. The van der Waals surface area contributed by atoms with Crippen LogP contribution in [-0.2, 0) is 9.53 Å².